The van der Waals surface area contributed by atoms with E-state index >= 15 is 0 Å². The molecule has 0 spiro atoms. The molecule has 0 rings (SSSR count). The van der Waals surface area contributed by atoms with Crippen LogP contribution in [0.1, 0.15) is 84.0 Å². The Balaban J connectivity index is 3.95. The van der Waals surface area contributed by atoms with Crippen molar-refractivity contribution in [2.45, 2.75) is 96.1 Å². The van der Waals surface area contributed by atoms with E-state index in [1.165, 1.54) is 19.3 Å². The van der Waals surface area contributed by atoms with Gasteiger partial charge in [-0.2, -0.15) is 0 Å². The summed E-state index contributed by atoms with van der Waals surface area (Å²) < 4.78 is 0. The maximum atomic E-state index is 11.2. The summed E-state index contributed by atoms with van der Waals surface area (Å²) >= 11 is 0. The van der Waals surface area contributed by atoms with Gasteiger partial charge in [0.15, 0.2) is 6.29 Å². The normalized spacial score (nSPS) is 14.2. The summed E-state index contributed by atoms with van der Waals surface area (Å²) in [5, 5.41) is 21.2. The lowest BCUT2D eigenvalue weighted by Gasteiger charge is -2.14. The third-order valence-electron chi connectivity index (χ3n) is 4.20. The van der Waals surface area contributed by atoms with E-state index in [-0.39, 0.29) is 4.92 Å². The highest BCUT2D eigenvalue weighted by molar-refractivity contribution is 5.50. The van der Waals surface area contributed by atoms with Crippen molar-refractivity contribution in [3.63, 3.8) is 0 Å². The van der Waals surface area contributed by atoms with Crippen molar-refractivity contribution >= 4 is 6.29 Å². The van der Waals surface area contributed by atoms with E-state index in [0.29, 0.717) is 19.3 Å². The number of rotatable bonds is 17. The van der Waals surface area contributed by atoms with Gasteiger partial charge in [0, 0.05) is 17.8 Å². The largest absolute Gasteiger partial charge is 0.386 e. The van der Waals surface area contributed by atoms with Crippen LogP contribution in [-0.2, 0) is 4.79 Å². The van der Waals surface area contributed by atoms with E-state index in [9.17, 15) is 20.0 Å². The fourth-order valence-corrected chi connectivity index (χ4v) is 2.65. The Hall–Kier alpha value is -1.49. The summed E-state index contributed by atoms with van der Waals surface area (Å²) in [5.41, 5.74) is 0. The number of hydrogen-bond donors (Lipinski definition) is 1. The first-order chi connectivity index (χ1) is 12.1. The van der Waals surface area contributed by atoms with Gasteiger partial charge in [-0.3, -0.25) is 14.9 Å². The molecule has 0 saturated heterocycles. The Morgan fingerprint density at radius 1 is 1.04 bits per heavy atom. The van der Waals surface area contributed by atoms with Gasteiger partial charge >= 0.3 is 0 Å². The van der Waals surface area contributed by atoms with Gasteiger partial charge in [0.25, 0.3) is 0 Å². The highest BCUT2D eigenvalue weighted by atomic mass is 16.6. The standard InChI is InChI=1S/C20H34NO4/c1-2-3-4-5-10-13-16-19(21(24)25)20(23)17-14-11-8-6-7-9-12-15-18-22/h6-7,11,14,19-20,23H,2-5,8-10,12-13,15-17H2,1H3/b7-6-,14-11-. The van der Waals surface area contributed by atoms with Gasteiger partial charge in [0.1, 0.15) is 6.10 Å². The van der Waals surface area contributed by atoms with Crippen LogP contribution in [0.4, 0.5) is 0 Å². The van der Waals surface area contributed by atoms with Crippen molar-refractivity contribution in [3.05, 3.63) is 34.4 Å². The van der Waals surface area contributed by atoms with Crippen LogP contribution >= 0.6 is 0 Å². The first-order valence-electron chi connectivity index (χ1n) is 9.60. The minimum Gasteiger partial charge on any atom is -0.386 e. The molecule has 1 radical (unpaired) electrons. The molecule has 0 amide bonds. The van der Waals surface area contributed by atoms with Gasteiger partial charge in [-0.15, -0.1) is 0 Å². The lowest BCUT2D eigenvalue weighted by atomic mass is 10.00. The van der Waals surface area contributed by atoms with Gasteiger partial charge in [-0.1, -0.05) is 63.3 Å². The number of unbranched alkanes of at least 4 members (excludes halogenated alkanes) is 7. The lowest BCUT2D eigenvalue weighted by Crippen LogP contribution is -2.33. The zero-order valence-corrected chi connectivity index (χ0v) is 15.6. The molecule has 0 fully saturated rings. The second-order valence-electron chi connectivity index (χ2n) is 6.43. The summed E-state index contributed by atoms with van der Waals surface area (Å²) in [6.45, 7) is 2.16. The van der Waals surface area contributed by atoms with Crippen molar-refractivity contribution < 1.29 is 14.8 Å². The Kier molecular flexibility index (Phi) is 16.3. The summed E-state index contributed by atoms with van der Waals surface area (Å²) in [4.78, 5) is 20.9. The molecule has 0 bridgehead atoms. The minimum absolute atomic E-state index is 0.315. The van der Waals surface area contributed by atoms with Crippen molar-refractivity contribution in [2.24, 2.45) is 0 Å². The first kappa shape index (κ1) is 23.5. The van der Waals surface area contributed by atoms with Gasteiger partial charge in [0.2, 0.25) is 6.04 Å². The number of carbonyl (C=O) groups excluding carboxylic acids is 1. The molecule has 2 unspecified atom stereocenters. The molecule has 0 aliphatic rings. The molecule has 0 aromatic heterocycles. The minimum atomic E-state index is -0.922. The Bertz CT molecular complexity index is 393. The third kappa shape index (κ3) is 14.6. The molecule has 0 aromatic carbocycles. The van der Waals surface area contributed by atoms with Crippen molar-refractivity contribution in [2.75, 3.05) is 0 Å². The van der Waals surface area contributed by atoms with Crippen LogP contribution in [-0.4, -0.2) is 28.5 Å². The first-order valence-corrected chi connectivity index (χ1v) is 9.60. The molecular weight excluding hydrogens is 318 g/mol. The van der Waals surface area contributed by atoms with Crippen LogP contribution in [0.3, 0.4) is 0 Å². The molecule has 0 saturated carbocycles. The maximum Gasteiger partial charge on any atom is 0.238 e. The number of hydrogen-bond acceptors (Lipinski definition) is 4. The molecule has 0 heterocycles. The zero-order valence-electron chi connectivity index (χ0n) is 15.6. The van der Waals surface area contributed by atoms with Crippen LogP contribution in [0.25, 0.3) is 0 Å². The Labute approximate surface area is 152 Å². The second-order valence-corrected chi connectivity index (χ2v) is 6.43. The fourth-order valence-electron chi connectivity index (χ4n) is 2.65. The SMILES string of the molecule is CCCCCCCCC(C(O)C/C=C\C/C=C\CCC[C]=O)[N+](=O)[O-]. The lowest BCUT2D eigenvalue weighted by molar-refractivity contribution is -0.535. The molecule has 2 atom stereocenters. The van der Waals surface area contributed by atoms with E-state index < -0.39 is 12.1 Å². The molecular formula is C20H34NO4. The number of nitro groups is 1. The summed E-state index contributed by atoms with van der Waals surface area (Å²) in [6.07, 6.45) is 18.8. The molecule has 0 aliphatic heterocycles. The summed E-state index contributed by atoms with van der Waals surface area (Å²) in [5.74, 6) is 0. The van der Waals surface area contributed by atoms with Gasteiger partial charge < -0.3 is 5.11 Å². The summed E-state index contributed by atoms with van der Waals surface area (Å²) in [7, 11) is 0. The van der Waals surface area contributed by atoms with Crippen LogP contribution < -0.4 is 0 Å². The second kappa shape index (κ2) is 17.3. The van der Waals surface area contributed by atoms with Crippen LogP contribution in [0.5, 0.6) is 0 Å². The highest BCUT2D eigenvalue weighted by Gasteiger charge is 2.27. The van der Waals surface area contributed by atoms with Crippen LogP contribution in [0.2, 0.25) is 0 Å². The van der Waals surface area contributed by atoms with E-state index in [0.717, 1.165) is 38.5 Å². The molecule has 0 aliphatic carbocycles. The zero-order chi connectivity index (χ0) is 18.8. The van der Waals surface area contributed by atoms with E-state index in [1.807, 2.05) is 30.6 Å². The van der Waals surface area contributed by atoms with Gasteiger partial charge in [-0.05, 0) is 32.1 Å². The third-order valence-corrected chi connectivity index (χ3v) is 4.20. The average Bonchev–Trinajstić information content (AvgIpc) is 2.59. The molecule has 0 aromatic rings. The van der Waals surface area contributed by atoms with Crippen LogP contribution in [0.15, 0.2) is 24.3 Å². The molecule has 1 N–H and O–H groups in total. The van der Waals surface area contributed by atoms with Gasteiger partial charge in [-0.25, -0.2) is 0 Å². The van der Waals surface area contributed by atoms with E-state index in [2.05, 4.69) is 6.92 Å². The number of nitrogens with zero attached hydrogens (tertiary/aromatic N) is 1. The van der Waals surface area contributed by atoms with Crippen molar-refractivity contribution in [1.82, 2.24) is 0 Å². The topological polar surface area (TPSA) is 80.4 Å². The van der Waals surface area contributed by atoms with Crippen molar-refractivity contribution in [3.8, 4) is 0 Å². The van der Waals surface area contributed by atoms with Crippen molar-refractivity contribution in [1.29, 1.82) is 0 Å². The smallest absolute Gasteiger partial charge is 0.238 e. The number of aliphatic hydroxyl groups is 1. The van der Waals surface area contributed by atoms with E-state index in [1.54, 1.807) is 0 Å². The van der Waals surface area contributed by atoms with Crippen LogP contribution in [0, 0.1) is 10.1 Å². The highest BCUT2D eigenvalue weighted by Crippen LogP contribution is 2.14. The van der Waals surface area contributed by atoms with E-state index in [4.69, 9.17) is 0 Å². The predicted molar refractivity (Wildman–Crippen MR) is 102 cm³/mol. The average molecular weight is 352 g/mol. The Morgan fingerprint density at radius 2 is 1.72 bits per heavy atom. The Morgan fingerprint density at radius 3 is 2.40 bits per heavy atom. The molecule has 5 nitrogen and oxygen atoms in total. The maximum absolute atomic E-state index is 11.2. The molecule has 5 heteroatoms. The summed E-state index contributed by atoms with van der Waals surface area (Å²) in [6, 6.07) is -0.869. The fraction of sp³-hybridized carbons (Fsp3) is 0.750. The molecule has 25 heavy (non-hydrogen) atoms. The van der Waals surface area contributed by atoms with Gasteiger partial charge in [0.05, 0.1) is 0 Å². The number of allylic oxidation sites excluding steroid dienone is 3. The predicted octanol–water partition coefficient (Wildman–Crippen LogP) is 4.92. The number of aliphatic hydroxyl groups excluding tert-OH is 1. The molecule has 143 valence electrons. The monoisotopic (exact) mass is 352 g/mol. The quantitative estimate of drug-likeness (QED) is 0.174.